The Labute approximate surface area is 107 Å². The van der Waals surface area contributed by atoms with Crippen molar-refractivity contribution in [3.8, 4) is 0 Å². The average molecular weight is 284 g/mol. The summed E-state index contributed by atoms with van der Waals surface area (Å²) in [6.45, 7) is 1.65. The molecular formula is C10H9Cl2F2NO2. The van der Waals surface area contributed by atoms with Gasteiger partial charge in [0.25, 0.3) is 6.43 Å². The highest BCUT2D eigenvalue weighted by molar-refractivity contribution is 6.30. The molecule has 0 unspecified atom stereocenters. The monoisotopic (exact) mass is 283 g/mol. The largest absolute Gasteiger partial charge is 0.462 e. The summed E-state index contributed by atoms with van der Waals surface area (Å²) < 4.78 is 30.4. The van der Waals surface area contributed by atoms with Crippen molar-refractivity contribution in [2.24, 2.45) is 0 Å². The number of alkyl halides is 3. The van der Waals surface area contributed by atoms with Crippen molar-refractivity contribution in [3.63, 3.8) is 0 Å². The average Bonchev–Trinajstić information content (AvgIpc) is 2.28. The van der Waals surface area contributed by atoms with Crippen LogP contribution in [0.1, 0.15) is 34.8 Å². The Balaban J connectivity index is 3.40. The first-order valence-electron chi connectivity index (χ1n) is 4.71. The van der Waals surface area contributed by atoms with Gasteiger partial charge in [-0.25, -0.2) is 18.6 Å². The number of hydrogen-bond donors (Lipinski definition) is 0. The minimum atomic E-state index is -2.92. The molecule has 0 aromatic carbocycles. The number of esters is 1. The van der Waals surface area contributed by atoms with E-state index in [-0.39, 0.29) is 23.6 Å². The molecular weight excluding hydrogens is 275 g/mol. The van der Waals surface area contributed by atoms with Crippen molar-refractivity contribution in [2.45, 2.75) is 19.2 Å². The molecule has 0 N–H and O–H groups in total. The van der Waals surface area contributed by atoms with Gasteiger partial charge in [0, 0.05) is 17.6 Å². The maximum atomic E-state index is 12.8. The first-order valence-corrected chi connectivity index (χ1v) is 5.62. The number of pyridine rings is 1. The van der Waals surface area contributed by atoms with Gasteiger partial charge in [-0.3, -0.25) is 0 Å². The van der Waals surface area contributed by atoms with E-state index in [0.717, 1.165) is 0 Å². The molecule has 17 heavy (non-hydrogen) atoms. The van der Waals surface area contributed by atoms with E-state index in [9.17, 15) is 13.6 Å². The lowest BCUT2D eigenvalue weighted by Gasteiger charge is -2.12. The molecule has 0 amide bonds. The maximum absolute atomic E-state index is 12.8. The number of rotatable bonds is 4. The Bertz CT molecular complexity index is 427. The summed E-state index contributed by atoms with van der Waals surface area (Å²) in [4.78, 5) is 15.2. The molecule has 0 saturated carbocycles. The lowest BCUT2D eigenvalue weighted by molar-refractivity contribution is 0.0514. The number of aromatic nitrogens is 1. The maximum Gasteiger partial charge on any atom is 0.339 e. The first-order chi connectivity index (χ1) is 8.02. The van der Waals surface area contributed by atoms with Crippen molar-refractivity contribution in [2.75, 3.05) is 6.61 Å². The molecule has 7 heteroatoms. The molecule has 0 bridgehead atoms. The van der Waals surface area contributed by atoms with E-state index in [0.29, 0.717) is 0 Å². The molecule has 1 aromatic heterocycles. The van der Waals surface area contributed by atoms with Crippen LogP contribution in [0.2, 0.25) is 5.15 Å². The van der Waals surface area contributed by atoms with Crippen LogP contribution in [-0.4, -0.2) is 17.6 Å². The van der Waals surface area contributed by atoms with Gasteiger partial charge < -0.3 is 4.74 Å². The normalized spacial score (nSPS) is 10.7. The predicted octanol–water partition coefficient (Wildman–Crippen LogP) is 3.59. The molecule has 1 heterocycles. The molecule has 0 aliphatic rings. The topological polar surface area (TPSA) is 39.2 Å². The SMILES string of the molecule is CCOC(=O)c1c(CCl)cnc(Cl)c1C(F)F. The van der Waals surface area contributed by atoms with Crippen molar-refractivity contribution in [1.82, 2.24) is 4.98 Å². The second kappa shape index (κ2) is 6.12. The van der Waals surface area contributed by atoms with Crippen molar-refractivity contribution in [3.05, 3.63) is 28.0 Å². The van der Waals surface area contributed by atoms with Gasteiger partial charge in [-0.2, -0.15) is 0 Å². The zero-order chi connectivity index (χ0) is 13.0. The smallest absolute Gasteiger partial charge is 0.339 e. The minimum absolute atomic E-state index is 0.0726. The van der Waals surface area contributed by atoms with Gasteiger partial charge in [0.15, 0.2) is 0 Å². The van der Waals surface area contributed by atoms with E-state index in [1.165, 1.54) is 6.20 Å². The van der Waals surface area contributed by atoms with Gasteiger partial charge in [-0.05, 0) is 6.92 Å². The molecule has 0 radical (unpaired) electrons. The summed E-state index contributed by atoms with van der Waals surface area (Å²) in [5, 5.41) is -0.420. The third-order valence-electron chi connectivity index (χ3n) is 1.99. The number of halogens is 4. The summed E-state index contributed by atoms with van der Waals surface area (Å²) in [7, 11) is 0. The van der Waals surface area contributed by atoms with Crippen LogP contribution >= 0.6 is 23.2 Å². The molecule has 0 fully saturated rings. The number of hydrogen-bond acceptors (Lipinski definition) is 3. The first kappa shape index (κ1) is 14.1. The van der Waals surface area contributed by atoms with Gasteiger partial charge in [0.1, 0.15) is 5.15 Å². The van der Waals surface area contributed by atoms with E-state index in [1.54, 1.807) is 6.92 Å². The highest BCUT2D eigenvalue weighted by atomic mass is 35.5. The summed E-state index contributed by atoms with van der Waals surface area (Å²) in [5.41, 5.74) is -0.759. The molecule has 94 valence electrons. The fraction of sp³-hybridized carbons (Fsp3) is 0.400. The van der Waals surface area contributed by atoms with Crippen LogP contribution in [-0.2, 0) is 10.6 Å². The minimum Gasteiger partial charge on any atom is -0.462 e. The summed E-state index contributed by atoms with van der Waals surface area (Å²) >= 11 is 11.1. The molecule has 0 aliphatic heterocycles. The standard InChI is InChI=1S/C10H9Cl2F2NO2/c1-2-17-10(16)6-5(3-11)4-15-8(12)7(6)9(13)14/h4,9H,2-3H2,1H3. The fourth-order valence-electron chi connectivity index (χ4n) is 1.29. The summed E-state index contributed by atoms with van der Waals surface area (Å²) in [5.74, 6) is -0.999. The Hall–Kier alpha value is -0.940. The second-order valence-electron chi connectivity index (χ2n) is 3.02. The van der Waals surface area contributed by atoms with Crippen LogP contribution in [0.15, 0.2) is 6.20 Å². The second-order valence-corrected chi connectivity index (χ2v) is 3.64. The highest BCUT2D eigenvalue weighted by Gasteiger charge is 2.26. The van der Waals surface area contributed by atoms with Crippen LogP contribution in [0.3, 0.4) is 0 Å². The number of ether oxygens (including phenoxy) is 1. The lowest BCUT2D eigenvalue weighted by atomic mass is 10.1. The predicted molar refractivity (Wildman–Crippen MR) is 59.7 cm³/mol. The number of nitrogens with zero attached hydrogens (tertiary/aromatic N) is 1. The third-order valence-corrected chi connectivity index (χ3v) is 2.58. The Morgan fingerprint density at radius 3 is 2.71 bits per heavy atom. The van der Waals surface area contributed by atoms with Crippen LogP contribution in [0.25, 0.3) is 0 Å². The summed E-state index contributed by atoms with van der Waals surface area (Å²) in [6.07, 6.45) is -1.73. The van der Waals surface area contributed by atoms with Crippen LogP contribution in [0.5, 0.6) is 0 Å². The molecule has 1 aromatic rings. The van der Waals surface area contributed by atoms with Gasteiger partial charge in [0.05, 0.1) is 17.7 Å². The van der Waals surface area contributed by atoms with Crippen molar-refractivity contribution in [1.29, 1.82) is 0 Å². The quantitative estimate of drug-likeness (QED) is 0.482. The van der Waals surface area contributed by atoms with E-state index in [4.69, 9.17) is 27.9 Å². The zero-order valence-electron chi connectivity index (χ0n) is 8.84. The lowest BCUT2D eigenvalue weighted by Crippen LogP contribution is -2.13. The Kier molecular flexibility index (Phi) is 5.08. The molecule has 0 spiro atoms. The molecule has 0 saturated heterocycles. The van der Waals surface area contributed by atoms with Crippen LogP contribution in [0.4, 0.5) is 8.78 Å². The molecule has 0 aliphatic carbocycles. The Morgan fingerprint density at radius 1 is 1.59 bits per heavy atom. The van der Waals surface area contributed by atoms with Gasteiger partial charge >= 0.3 is 5.97 Å². The Morgan fingerprint density at radius 2 is 2.24 bits per heavy atom. The molecule has 3 nitrogen and oxygen atoms in total. The van der Waals surface area contributed by atoms with Crippen LogP contribution < -0.4 is 0 Å². The van der Waals surface area contributed by atoms with Crippen molar-refractivity contribution >= 4 is 29.2 Å². The van der Waals surface area contributed by atoms with Gasteiger partial charge in [0.2, 0.25) is 0 Å². The van der Waals surface area contributed by atoms with Crippen LogP contribution in [0, 0.1) is 0 Å². The highest BCUT2D eigenvalue weighted by Crippen LogP contribution is 2.31. The van der Waals surface area contributed by atoms with E-state index in [1.807, 2.05) is 0 Å². The van der Waals surface area contributed by atoms with Gasteiger partial charge in [-0.1, -0.05) is 11.6 Å². The summed E-state index contributed by atoms with van der Waals surface area (Å²) in [6, 6.07) is 0. The number of carbonyl (C=O) groups is 1. The number of carbonyl (C=O) groups excluding carboxylic acids is 1. The zero-order valence-corrected chi connectivity index (χ0v) is 10.4. The van der Waals surface area contributed by atoms with E-state index < -0.39 is 23.1 Å². The molecule has 1 rings (SSSR count). The van der Waals surface area contributed by atoms with Gasteiger partial charge in [-0.15, -0.1) is 11.6 Å². The van der Waals surface area contributed by atoms with Crippen molar-refractivity contribution < 1.29 is 18.3 Å². The van der Waals surface area contributed by atoms with E-state index in [2.05, 4.69) is 4.98 Å². The third kappa shape index (κ3) is 3.04. The molecule has 0 atom stereocenters. The van der Waals surface area contributed by atoms with E-state index >= 15 is 0 Å². The fourth-order valence-corrected chi connectivity index (χ4v) is 1.72.